The fraction of sp³-hybridized carbons (Fsp3) is 0.300. The van der Waals surface area contributed by atoms with E-state index in [9.17, 15) is 4.79 Å². The number of imidazole rings is 1. The summed E-state index contributed by atoms with van der Waals surface area (Å²) in [6.07, 6.45) is 1.76. The molecule has 0 radical (unpaired) electrons. The van der Waals surface area contributed by atoms with E-state index in [4.69, 9.17) is 11.6 Å². The molecule has 0 saturated carbocycles. The van der Waals surface area contributed by atoms with E-state index in [1.54, 1.807) is 16.7 Å². The van der Waals surface area contributed by atoms with Crippen molar-refractivity contribution in [2.75, 3.05) is 26.2 Å². The first-order chi connectivity index (χ1) is 12.6. The molecule has 4 rings (SSSR count). The molecule has 1 aliphatic heterocycles. The van der Waals surface area contributed by atoms with Crippen molar-refractivity contribution in [1.29, 1.82) is 0 Å². The van der Waals surface area contributed by atoms with Crippen LogP contribution < -0.4 is 0 Å². The lowest BCUT2D eigenvalue weighted by molar-refractivity contribution is 0.0621. The zero-order valence-electron chi connectivity index (χ0n) is 14.7. The average Bonchev–Trinajstić information content (AvgIpc) is 2.97. The average molecular weight is 369 g/mol. The normalized spacial score (nSPS) is 15.5. The second-order valence-corrected chi connectivity index (χ2v) is 7.11. The van der Waals surface area contributed by atoms with Crippen LogP contribution in [-0.4, -0.2) is 51.3 Å². The van der Waals surface area contributed by atoms with Crippen LogP contribution in [0.15, 0.2) is 48.7 Å². The van der Waals surface area contributed by atoms with Gasteiger partial charge in [0.2, 0.25) is 0 Å². The third-order valence-electron chi connectivity index (χ3n) is 4.87. The van der Waals surface area contributed by atoms with Crippen LogP contribution in [0.5, 0.6) is 0 Å². The van der Waals surface area contributed by atoms with Crippen molar-refractivity contribution in [3.63, 3.8) is 0 Å². The number of pyridine rings is 1. The van der Waals surface area contributed by atoms with Crippen molar-refractivity contribution in [1.82, 2.24) is 19.2 Å². The molecule has 0 spiro atoms. The number of piperazine rings is 1. The summed E-state index contributed by atoms with van der Waals surface area (Å²) < 4.78 is 1.80. The molecule has 1 aromatic carbocycles. The molecule has 1 aliphatic rings. The van der Waals surface area contributed by atoms with Crippen molar-refractivity contribution in [2.45, 2.75) is 13.5 Å². The summed E-state index contributed by atoms with van der Waals surface area (Å²) in [4.78, 5) is 21.9. The van der Waals surface area contributed by atoms with Crippen LogP contribution in [0, 0.1) is 6.92 Å². The van der Waals surface area contributed by atoms with Gasteiger partial charge in [0.1, 0.15) is 11.3 Å². The summed E-state index contributed by atoms with van der Waals surface area (Å²) in [5.74, 6) is 0.0247. The van der Waals surface area contributed by atoms with Gasteiger partial charge in [-0.2, -0.15) is 0 Å². The number of carbonyl (C=O) groups is 1. The number of aryl methyl sites for hydroxylation is 1. The molecule has 0 N–H and O–H groups in total. The number of amides is 1. The standard InChI is InChI=1S/C20H21ClN4O/c1-15-19(25-14-17(21)7-8-18(25)22-15)20(26)24-11-9-23(10-12-24)13-16-5-3-2-4-6-16/h2-8,14H,9-13H2,1H3. The Kier molecular flexibility index (Phi) is 4.66. The first kappa shape index (κ1) is 17.1. The van der Waals surface area contributed by atoms with Crippen LogP contribution in [0.2, 0.25) is 5.02 Å². The maximum Gasteiger partial charge on any atom is 0.272 e. The lowest BCUT2D eigenvalue weighted by Gasteiger charge is -2.34. The van der Waals surface area contributed by atoms with Gasteiger partial charge in [-0.15, -0.1) is 0 Å². The van der Waals surface area contributed by atoms with Crippen molar-refractivity contribution >= 4 is 23.2 Å². The number of carbonyl (C=O) groups excluding carboxylic acids is 1. The van der Waals surface area contributed by atoms with E-state index >= 15 is 0 Å². The maximum absolute atomic E-state index is 13.1. The van der Waals surface area contributed by atoms with Gasteiger partial charge in [0.25, 0.3) is 5.91 Å². The molecule has 1 fully saturated rings. The first-order valence-electron chi connectivity index (χ1n) is 8.81. The van der Waals surface area contributed by atoms with Gasteiger partial charge >= 0.3 is 0 Å². The summed E-state index contributed by atoms with van der Waals surface area (Å²) >= 11 is 6.11. The van der Waals surface area contributed by atoms with E-state index in [2.05, 4.69) is 34.1 Å². The SMILES string of the molecule is Cc1nc2ccc(Cl)cn2c1C(=O)N1CCN(Cc2ccccc2)CC1. The van der Waals surface area contributed by atoms with E-state index in [-0.39, 0.29) is 5.91 Å². The van der Waals surface area contributed by atoms with E-state index < -0.39 is 0 Å². The third-order valence-corrected chi connectivity index (χ3v) is 5.09. The molecular formula is C20H21ClN4O. The minimum absolute atomic E-state index is 0.0247. The van der Waals surface area contributed by atoms with Crippen LogP contribution >= 0.6 is 11.6 Å². The molecule has 0 bridgehead atoms. The van der Waals surface area contributed by atoms with E-state index in [0.717, 1.165) is 44.1 Å². The van der Waals surface area contributed by atoms with Crippen molar-refractivity contribution in [3.05, 3.63) is 70.6 Å². The summed E-state index contributed by atoms with van der Waals surface area (Å²) in [6, 6.07) is 14.1. The fourth-order valence-corrected chi connectivity index (χ4v) is 3.66. The Hall–Kier alpha value is -2.37. The van der Waals surface area contributed by atoms with Gasteiger partial charge in [-0.25, -0.2) is 4.98 Å². The zero-order valence-corrected chi connectivity index (χ0v) is 15.5. The minimum atomic E-state index is 0.0247. The van der Waals surface area contributed by atoms with Gasteiger partial charge in [0, 0.05) is 38.9 Å². The number of nitrogens with zero attached hydrogens (tertiary/aromatic N) is 4. The summed E-state index contributed by atoms with van der Waals surface area (Å²) in [6.45, 7) is 5.99. The fourth-order valence-electron chi connectivity index (χ4n) is 3.49. The van der Waals surface area contributed by atoms with Gasteiger partial charge in [-0.1, -0.05) is 41.9 Å². The Labute approximate surface area is 157 Å². The third kappa shape index (κ3) is 3.32. The molecular weight excluding hydrogens is 348 g/mol. The molecule has 0 unspecified atom stereocenters. The molecule has 26 heavy (non-hydrogen) atoms. The van der Waals surface area contributed by atoms with E-state index in [0.29, 0.717) is 10.7 Å². The molecule has 1 amide bonds. The predicted molar refractivity (Wildman–Crippen MR) is 103 cm³/mol. The maximum atomic E-state index is 13.1. The van der Waals surface area contributed by atoms with Crippen molar-refractivity contribution in [2.24, 2.45) is 0 Å². The Bertz CT molecular complexity index is 930. The molecule has 5 nitrogen and oxygen atoms in total. The lowest BCUT2D eigenvalue weighted by Crippen LogP contribution is -2.48. The second kappa shape index (κ2) is 7.09. The van der Waals surface area contributed by atoms with Crippen LogP contribution in [0.3, 0.4) is 0 Å². The minimum Gasteiger partial charge on any atom is -0.335 e. The number of benzene rings is 1. The topological polar surface area (TPSA) is 40.9 Å². The zero-order chi connectivity index (χ0) is 18.1. The van der Waals surface area contributed by atoms with E-state index in [1.807, 2.05) is 24.0 Å². The Balaban J connectivity index is 1.47. The quantitative estimate of drug-likeness (QED) is 0.712. The van der Waals surface area contributed by atoms with Crippen LogP contribution in [0.4, 0.5) is 0 Å². The highest BCUT2D eigenvalue weighted by Gasteiger charge is 2.26. The molecule has 3 heterocycles. The number of fused-ring (bicyclic) bond motifs is 1. The number of hydrogen-bond donors (Lipinski definition) is 0. The number of hydrogen-bond acceptors (Lipinski definition) is 3. The monoisotopic (exact) mass is 368 g/mol. The highest BCUT2D eigenvalue weighted by atomic mass is 35.5. The molecule has 1 saturated heterocycles. The highest BCUT2D eigenvalue weighted by molar-refractivity contribution is 6.30. The van der Waals surface area contributed by atoms with Gasteiger partial charge in [0.05, 0.1) is 10.7 Å². The predicted octanol–water partition coefficient (Wildman–Crippen LogP) is 3.25. The van der Waals surface area contributed by atoms with Crippen LogP contribution in [0.25, 0.3) is 5.65 Å². The summed E-state index contributed by atoms with van der Waals surface area (Å²) in [7, 11) is 0. The van der Waals surface area contributed by atoms with E-state index in [1.165, 1.54) is 5.56 Å². The van der Waals surface area contributed by atoms with Gasteiger partial charge in [0.15, 0.2) is 0 Å². The number of halogens is 1. The highest BCUT2D eigenvalue weighted by Crippen LogP contribution is 2.19. The number of aromatic nitrogens is 2. The molecule has 3 aromatic rings. The number of rotatable bonds is 3. The van der Waals surface area contributed by atoms with Crippen molar-refractivity contribution in [3.8, 4) is 0 Å². The van der Waals surface area contributed by atoms with Gasteiger partial charge in [-0.3, -0.25) is 14.1 Å². The molecule has 0 aliphatic carbocycles. The molecule has 134 valence electrons. The van der Waals surface area contributed by atoms with Gasteiger partial charge in [-0.05, 0) is 24.6 Å². The summed E-state index contributed by atoms with van der Waals surface area (Å²) in [5, 5.41) is 0.594. The Morgan fingerprint density at radius 2 is 1.81 bits per heavy atom. The largest absolute Gasteiger partial charge is 0.335 e. The first-order valence-corrected chi connectivity index (χ1v) is 9.19. The Morgan fingerprint density at radius 3 is 2.54 bits per heavy atom. The molecule has 2 aromatic heterocycles. The summed E-state index contributed by atoms with van der Waals surface area (Å²) in [5.41, 5.74) is 3.40. The van der Waals surface area contributed by atoms with Crippen LogP contribution in [0.1, 0.15) is 21.7 Å². The van der Waals surface area contributed by atoms with Crippen LogP contribution in [-0.2, 0) is 6.54 Å². The lowest BCUT2D eigenvalue weighted by atomic mass is 10.2. The second-order valence-electron chi connectivity index (χ2n) is 6.68. The Morgan fingerprint density at radius 1 is 1.08 bits per heavy atom. The smallest absolute Gasteiger partial charge is 0.272 e. The van der Waals surface area contributed by atoms with Gasteiger partial charge < -0.3 is 4.90 Å². The van der Waals surface area contributed by atoms with Crippen molar-refractivity contribution < 1.29 is 4.79 Å². The molecule has 6 heteroatoms. The molecule has 0 atom stereocenters.